The van der Waals surface area contributed by atoms with Crippen molar-refractivity contribution in [1.29, 1.82) is 0 Å². The quantitative estimate of drug-likeness (QED) is 0.473. The number of nitrogens with zero attached hydrogens (tertiary/aromatic N) is 3. The lowest BCUT2D eigenvalue weighted by Crippen LogP contribution is -2.42. The number of esters is 1. The molecule has 2 fully saturated rings. The Balaban J connectivity index is 1.53. The number of carbonyl (C=O) groups excluding carboxylic acids is 2. The van der Waals surface area contributed by atoms with E-state index in [0.29, 0.717) is 12.0 Å². The maximum Gasteiger partial charge on any atom is 0.350 e. The predicted octanol–water partition coefficient (Wildman–Crippen LogP) is 0.974. The Hall–Kier alpha value is -3.02. The van der Waals surface area contributed by atoms with Gasteiger partial charge in [-0.05, 0) is 55.3 Å². The van der Waals surface area contributed by atoms with Crippen LogP contribution in [0.2, 0.25) is 0 Å². The number of amides is 1. The Morgan fingerprint density at radius 3 is 2.54 bits per heavy atom. The average Bonchev–Trinajstić information content (AvgIpc) is 3.38. The van der Waals surface area contributed by atoms with Crippen molar-refractivity contribution in [2.45, 2.75) is 23.8 Å². The molecule has 0 radical (unpaired) electrons. The van der Waals surface area contributed by atoms with Crippen molar-refractivity contribution >= 4 is 33.2 Å². The minimum absolute atomic E-state index is 0.0435. The number of allylic oxidation sites excluding steroid dienone is 2. The van der Waals surface area contributed by atoms with Crippen molar-refractivity contribution in [1.82, 2.24) is 14.5 Å². The van der Waals surface area contributed by atoms with Gasteiger partial charge in [-0.15, -0.1) is 0 Å². The van der Waals surface area contributed by atoms with Crippen LogP contribution in [0.3, 0.4) is 0 Å². The van der Waals surface area contributed by atoms with Crippen molar-refractivity contribution in [2.24, 2.45) is 17.0 Å². The van der Waals surface area contributed by atoms with Gasteiger partial charge in [0.2, 0.25) is 16.1 Å². The molecule has 1 aromatic rings. The van der Waals surface area contributed by atoms with E-state index in [2.05, 4.69) is 22.4 Å². The zero-order valence-corrected chi connectivity index (χ0v) is 20.7. The molecule has 1 amide bonds. The molecule has 11 heteroatoms. The van der Waals surface area contributed by atoms with Gasteiger partial charge in [0.15, 0.2) is 5.71 Å². The number of cyclic esters (lactones) is 1. The third-order valence-electron chi connectivity index (χ3n) is 7.02. The standard InChI is InChI=1S/C24H28N4O6S/c1-27(2)35(31,32)15-6-4-14(5-7-15)17-12-18-21(19-13-28(3)10-8-16(17)19)25-23(29)22(18)26-34-20-9-11-33-24(20)30/h4-7,12,16,19-20H,8-11,13H2,1-3H3,(H,25,26,29)/t16-,19+,20+/m0/s1. The highest BCUT2D eigenvalue weighted by Gasteiger charge is 2.43. The molecule has 1 N–H and O–H groups in total. The van der Waals surface area contributed by atoms with Crippen molar-refractivity contribution in [3.8, 4) is 0 Å². The minimum atomic E-state index is -3.54. The van der Waals surface area contributed by atoms with Crippen LogP contribution < -0.4 is 5.32 Å². The number of fused-ring (bicyclic) bond motifs is 2. The molecule has 35 heavy (non-hydrogen) atoms. The fourth-order valence-corrected chi connectivity index (χ4v) is 5.99. The summed E-state index contributed by atoms with van der Waals surface area (Å²) in [5, 5.41) is 7.06. The summed E-state index contributed by atoms with van der Waals surface area (Å²) in [6, 6.07) is 6.85. The van der Waals surface area contributed by atoms with Crippen LogP contribution in [0.15, 0.2) is 51.7 Å². The zero-order chi connectivity index (χ0) is 24.9. The number of ether oxygens (including phenoxy) is 1. The van der Waals surface area contributed by atoms with E-state index in [9.17, 15) is 18.0 Å². The second-order valence-corrected chi connectivity index (χ2v) is 11.6. The van der Waals surface area contributed by atoms with Gasteiger partial charge in [-0.3, -0.25) is 4.79 Å². The zero-order valence-electron chi connectivity index (χ0n) is 19.9. The molecule has 0 aromatic heterocycles. The number of benzene rings is 1. The van der Waals surface area contributed by atoms with Crippen LogP contribution in [-0.4, -0.2) is 82.2 Å². The Kier molecular flexibility index (Phi) is 6.02. The first-order valence-electron chi connectivity index (χ1n) is 11.6. The number of likely N-dealkylation sites (tertiary alicyclic amines) is 1. The van der Waals surface area contributed by atoms with E-state index >= 15 is 0 Å². The maximum atomic E-state index is 12.9. The molecule has 0 unspecified atom stereocenters. The molecule has 5 rings (SSSR count). The molecule has 2 saturated heterocycles. The number of rotatable bonds is 5. The lowest BCUT2D eigenvalue weighted by atomic mass is 9.72. The van der Waals surface area contributed by atoms with Crippen LogP contribution in [0.4, 0.5) is 0 Å². The number of hydrogen-bond acceptors (Lipinski definition) is 8. The molecule has 3 atom stereocenters. The molecular weight excluding hydrogens is 472 g/mol. The Morgan fingerprint density at radius 2 is 1.89 bits per heavy atom. The smallest absolute Gasteiger partial charge is 0.350 e. The molecule has 186 valence electrons. The fraction of sp³-hybridized carbons (Fsp3) is 0.458. The molecule has 0 spiro atoms. The van der Waals surface area contributed by atoms with E-state index < -0.39 is 22.1 Å². The monoisotopic (exact) mass is 500 g/mol. The third kappa shape index (κ3) is 4.17. The van der Waals surface area contributed by atoms with Crippen molar-refractivity contribution in [2.75, 3.05) is 40.8 Å². The van der Waals surface area contributed by atoms with Gasteiger partial charge in [0.1, 0.15) is 0 Å². The summed E-state index contributed by atoms with van der Waals surface area (Å²) in [5.41, 5.74) is 3.53. The molecule has 10 nitrogen and oxygen atoms in total. The van der Waals surface area contributed by atoms with Crippen LogP contribution in [0.5, 0.6) is 0 Å². The molecule has 4 aliphatic rings. The second-order valence-electron chi connectivity index (χ2n) is 9.45. The summed E-state index contributed by atoms with van der Waals surface area (Å²) in [5.74, 6) is -0.643. The highest BCUT2D eigenvalue weighted by molar-refractivity contribution is 7.89. The largest absolute Gasteiger partial charge is 0.463 e. The Morgan fingerprint density at radius 1 is 1.14 bits per heavy atom. The van der Waals surface area contributed by atoms with Crippen molar-refractivity contribution < 1.29 is 27.6 Å². The van der Waals surface area contributed by atoms with Crippen LogP contribution in [0, 0.1) is 11.8 Å². The van der Waals surface area contributed by atoms with Crippen LogP contribution in [-0.2, 0) is 29.2 Å². The number of piperidine rings is 1. The van der Waals surface area contributed by atoms with Gasteiger partial charge in [0, 0.05) is 44.2 Å². The number of sulfonamides is 1. The average molecular weight is 501 g/mol. The molecule has 1 aliphatic carbocycles. The summed E-state index contributed by atoms with van der Waals surface area (Å²) in [6.07, 6.45) is 2.42. The van der Waals surface area contributed by atoms with Gasteiger partial charge >= 0.3 is 5.97 Å². The third-order valence-corrected chi connectivity index (χ3v) is 8.85. The summed E-state index contributed by atoms with van der Waals surface area (Å²) < 4.78 is 31.1. The minimum Gasteiger partial charge on any atom is -0.463 e. The maximum absolute atomic E-state index is 12.9. The number of carbonyl (C=O) groups is 2. The summed E-state index contributed by atoms with van der Waals surface area (Å²) >= 11 is 0. The van der Waals surface area contributed by atoms with Crippen LogP contribution in [0.1, 0.15) is 18.4 Å². The molecule has 1 aromatic carbocycles. The van der Waals surface area contributed by atoms with E-state index in [1.165, 1.54) is 18.4 Å². The summed E-state index contributed by atoms with van der Waals surface area (Å²) in [4.78, 5) is 32.5. The van der Waals surface area contributed by atoms with E-state index in [4.69, 9.17) is 9.57 Å². The lowest BCUT2D eigenvalue weighted by molar-refractivity contribution is -0.147. The van der Waals surface area contributed by atoms with E-state index in [1.807, 2.05) is 18.2 Å². The lowest BCUT2D eigenvalue weighted by Gasteiger charge is -2.41. The van der Waals surface area contributed by atoms with Crippen molar-refractivity contribution in [3.63, 3.8) is 0 Å². The predicted molar refractivity (Wildman–Crippen MR) is 127 cm³/mol. The van der Waals surface area contributed by atoms with Gasteiger partial charge in [-0.2, -0.15) is 0 Å². The van der Waals surface area contributed by atoms with Crippen LogP contribution >= 0.6 is 0 Å². The normalized spacial score (nSPS) is 28.1. The SMILES string of the molecule is CN1CC[C@H]2C(c3ccc(S(=O)(=O)N(C)C)cc3)=CC3=C(NC(=O)/C3=N/O[C@@H]3CCOC3=O)[C@@H]2C1. The second kappa shape index (κ2) is 8.89. The summed E-state index contributed by atoms with van der Waals surface area (Å²) in [7, 11) is 1.52. The highest BCUT2D eigenvalue weighted by atomic mass is 32.2. The number of nitrogens with one attached hydrogen (secondary N) is 1. The number of oxime groups is 1. The van der Waals surface area contributed by atoms with E-state index in [0.717, 1.165) is 36.3 Å². The van der Waals surface area contributed by atoms with Crippen molar-refractivity contribution in [3.05, 3.63) is 47.2 Å². The fourth-order valence-electron chi connectivity index (χ4n) is 5.09. The highest BCUT2D eigenvalue weighted by Crippen LogP contribution is 2.45. The Bertz CT molecular complexity index is 1270. The molecule has 0 bridgehead atoms. The van der Waals surface area contributed by atoms with E-state index in [-0.39, 0.29) is 35.0 Å². The van der Waals surface area contributed by atoms with Gasteiger partial charge in [-0.25, -0.2) is 17.5 Å². The first-order chi connectivity index (χ1) is 16.7. The van der Waals surface area contributed by atoms with E-state index in [1.54, 1.807) is 12.1 Å². The molecule has 0 saturated carbocycles. The van der Waals surface area contributed by atoms with Gasteiger partial charge in [-0.1, -0.05) is 17.3 Å². The molecule has 3 heterocycles. The molecular formula is C24H28N4O6S. The first-order valence-corrected chi connectivity index (χ1v) is 13.0. The first kappa shape index (κ1) is 23.7. The number of hydrogen-bond donors (Lipinski definition) is 1. The van der Waals surface area contributed by atoms with Gasteiger partial charge < -0.3 is 19.8 Å². The van der Waals surface area contributed by atoms with Crippen LogP contribution in [0.25, 0.3) is 5.57 Å². The van der Waals surface area contributed by atoms with Gasteiger partial charge in [0.05, 0.1) is 11.5 Å². The topological polar surface area (TPSA) is 118 Å². The Labute approximate surface area is 204 Å². The molecule has 3 aliphatic heterocycles. The summed E-state index contributed by atoms with van der Waals surface area (Å²) in [6.45, 7) is 1.95. The van der Waals surface area contributed by atoms with Gasteiger partial charge in [0.25, 0.3) is 5.91 Å².